The third-order valence-electron chi connectivity index (χ3n) is 5.92. The van der Waals surface area contributed by atoms with Crippen LogP contribution < -0.4 is 5.32 Å². The molecule has 5 aromatic rings. The predicted molar refractivity (Wildman–Crippen MR) is 135 cm³/mol. The molecule has 0 bridgehead atoms. The van der Waals surface area contributed by atoms with Crippen LogP contribution in [-0.4, -0.2) is 32.3 Å². The zero-order valence-electron chi connectivity index (χ0n) is 18.7. The quantitative estimate of drug-likeness (QED) is 0.299. The Balaban J connectivity index is 1.40. The summed E-state index contributed by atoms with van der Waals surface area (Å²) in [6.45, 7) is 0.659. The lowest BCUT2D eigenvalue weighted by Crippen LogP contribution is -2.30. The molecule has 0 fully saturated rings. The predicted octanol–water partition coefficient (Wildman–Crippen LogP) is 5.37. The lowest BCUT2D eigenvalue weighted by Gasteiger charge is -2.18. The number of hydrogen-bond donors (Lipinski definition) is 2. The summed E-state index contributed by atoms with van der Waals surface area (Å²) in [4.78, 5) is 17.0. The number of nitrogens with zero attached hydrogens (tertiary/aromatic N) is 3. The number of hydrogen-bond acceptors (Lipinski definition) is 4. The highest BCUT2D eigenvalue weighted by Crippen LogP contribution is 2.28. The van der Waals surface area contributed by atoms with Gasteiger partial charge in [-0.05, 0) is 35.7 Å². The molecule has 170 valence electrons. The van der Waals surface area contributed by atoms with Crippen molar-refractivity contribution in [1.29, 1.82) is 0 Å². The molecule has 1 atom stereocenters. The summed E-state index contributed by atoms with van der Waals surface area (Å²) in [5.41, 5.74) is 5.39. The molecule has 0 spiro atoms. The zero-order valence-corrected chi connectivity index (χ0v) is 19.5. The van der Waals surface area contributed by atoms with Crippen LogP contribution in [0.1, 0.15) is 27.5 Å². The van der Waals surface area contributed by atoms with Crippen LogP contribution in [0.5, 0.6) is 0 Å². The van der Waals surface area contributed by atoms with Crippen LogP contribution >= 0.6 is 11.6 Å². The monoisotopic (exact) mass is 469 g/mol. The maximum absolute atomic E-state index is 13.7. The third-order valence-corrected chi connectivity index (χ3v) is 6.17. The number of fused-ring (bicyclic) bond motifs is 1. The highest BCUT2D eigenvalue weighted by atomic mass is 35.5. The zero-order chi connectivity index (χ0) is 23.5. The van der Waals surface area contributed by atoms with Crippen LogP contribution in [0, 0.1) is 0 Å². The highest BCUT2D eigenvalue weighted by Gasteiger charge is 2.24. The van der Waals surface area contributed by atoms with Crippen LogP contribution in [0.2, 0.25) is 5.02 Å². The van der Waals surface area contributed by atoms with E-state index < -0.39 is 6.04 Å². The van der Waals surface area contributed by atoms with Gasteiger partial charge in [0, 0.05) is 46.8 Å². The van der Waals surface area contributed by atoms with Crippen LogP contribution in [0.25, 0.3) is 22.2 Å². The lowest BCUT2D eigenvalue weighted by atomic mass is 9.96. The molecule has 3 aromatic carbocycles. The van der Waals surface area contributed by atoms with Gasteiger partial charge in [-0.15, -0.1) is 5.10 Å². The number of aryl methyl sites for hydroxylation is 1. The Morgan fingerprint density at radius 3 is 2.62 bits per heavy atom. The van der Waals surface area contributed by atoms with Gasteiger partial charge >= 0.3 is 0 Å². The molecule has 0 aliphatic carbocycles. The van der Waals surface area contributed by atoms with E-state index in [9.17, 15) is 4.79 Å². The summed E-state index contributed by atoms with van der Waals surface area (Å²) >= 11 is 6.00. The number of ketones is 1. The van der Waals surface area contributed by atoms with E-state index >= 15 is 0 Å². The van der Waals surface area contributed by atoms with Crippen molar-refractivity contribution in [3.63, 3.8) is 0 Å². The summed E-state index contributed by atoms with van der Waals surface area (Å²) in [7, 11) is 1.84. The molecule has 2 heterocycles. The van der Waals surface area contributed by atoms with Crippen molar-refractivity contribution in [3.05, 3.63) is 107 Å². The maximum Gasteiger partial charge on any atom is 0.186 e. The topological polar surface area (TPSA) is 75.6 Å². The van der Waals surface area contributed by atoms with E-state index in [1.54, 1.807) is 10.9 Å². The van der Waals surface area contributed by atoms with Gasteiger partial charge in [-0.25, -0.2) is 0 Å². The van der Waals surface area contributed by atoms with E-state index in [4.69, 9.17) is 11.6 Å². The number of H-pyrrole nitrogens is 1. The number of carbonyl (C=O) groups is 1. The van der Waals surface area contributed by atoms with Gasteiger partial charge in [0.1, 0.15) is 5.69 Å². The van der Waals surface area contributed by atoms with Crippen LogP contribution in [0.15, 0.2) is 85.2 Å². The van der Waals surface area contributed by atoms with Gasteiger partial charge in [0.25, 0.3) is 0 Å². The van der Waals surface area contributed by atoms with E-state index in [1.807, 2.05) is 86.0 Å². The van der Waals surface area contributed by atoms with Gasteiger partial charge in [0.2, 0.25) is 0 Å². The molecule has 0 radical (unpaired) electrons. The van der Waals surface area contributed by atoms with Crippen LogP contribution in [-0.2, 0) is 13.5 Å². The standard InChI is InChI=1S/C27H24ClN5O/c1-33-17-25(31-32-33)20-9-12-22-23(16-30-24(22)15-20)27(34)26(19-5-3-2-4-6-19)29-14-13-18-7-10-21(28)11-8-18/h2-12,15-17,26,29-30H,13-14H2,1H3/t26-/m1/s1. The first-order chi connectivity index (χ1) is 16.6. The van der Waals surface area contributed by atoms with E-state index in [0.29, 0.717) is 12.1 Å². The summed E-state index contributed by atoms with van der Waals surface area (Å²) < 4.78 is 1.67. The minimum absolute atomic E-state index is 0.0285. The second kappa shape index (κ2) is 9.63. The molecule has 34 heavy (non-hydrogen) atoms. The molecule has 0 aliphatic rings. The maximum atomic E-state index is 13.7. The fourth-order valence-electron chi connectivity index (χ4n) is 4.14. The van der Waals surface area contributed by atoms with Gasteiger partial charge < -0.3 is 10.3 Å². The Bertz CT molecular complexity index is 1420. The summed E-state index contributed by atoms with van der Waals surface area (Å²) in [5.74, 6) is 0.0285. The summed E-state index contributed by atoms with van der Waals surface area (Å²) in [6, 6.07) is 23.1. The number of Topliss-reactive ketones (excluding diaryl/α,β-unsaturated/α-hetero) is 1. The van der Waals surface area contributed by atoms with Crippen LogP contribution in [0.4, 0.5) is 0 Å². The van der Waals surface area contributed by atoms with Gasteiger partial charge in [-0.3, -0.25) is 9.48 Å². The van der Waals surface area contributed by atoms with Crippen LogP contribution in [0.3, 0.4) is 0 Å². The second-order valence-corrected chi connectivity index (χ2v) is 8.72. The molecule has 0 saturated heterocycles. The first-order valence-corrected chi connectivity index (χ1v) is 11.5. The van der Waals surface area contributed by atoms with E-state index in [2.05, 4.69) is 20.6 Å². The molecule has 2 aromatic heterocycles. The highest BCUT2D eigenvalue weighted by molar-refractivity contribution is 6.30. The summed E-state index contributed by atoms with van der Waals surface area (Å²) in [5, 5.41) is 13.3. The number of benzene rings is 3. The van der Waals surface area contributed by atoms with Gasteiger partial charge in [-0.1, -0.05) is 71.4 Å². The number of aromatic nitrogens is 4. The number of aromatic amines is 1. The Hall–Kier alpha value is -3.74. The average Bonchev–Trinajstić information content (AvgIpc) is 3.49. The molecule has 2 N–H and O–H groups in total. The number of nitrogens with one attached hydrogen (secondary N) is 2. The molecule has 7 heteroatoms. The van der Waals surface area contributed by atoms with Gasteiger partial charge in [0.05, 0.1) is 12.2 Å². The van der Waals surface area contributed by atoms with Crippen molar-refractivity contribution in [2.24, 2.45) is 7.05 Å². The van der Waals surface area contributed by atoms with Crippen molar-refractivity contribution in [3.8, 4) is 11.3 Å². The third kappa shape index (κ3) is 4.64. The molecule has 6 nitrogen and oxygen atoms in total. The normalized spacial score (nSPS) is 12.2. The van der Waals surface area contributed by atoms with E-state index in [0.717, 1.165) is 39.2 Å². The van der Waals surface area contributed by atoms with Crippen molar-refractivity contribution >= 4 is 28.3 Å². The number of rotatable bonds is 8. The lowest BCUT2D eigenvalue weighted by molar-refractivity contribution is 0.0945. The Labute approximate surface area is 202 Å². The van der Waals surface area contributed by atoms with E-state index in [-0.39, 0.29) is 5.78 Å². The average molecular weight is 470 g/mol. The van der Waals surface area contributed by atoms with Crippen molar-refractivity contribution in [2.45, 2.75) is 12.5 Å². The molecular weight excluding hydrogens is 446 g/mol. The van der Waals surface area contributed by atoms with Crippen molar-refractivity contribution in [1.82, 2.24) is 25.3 Å². The molecule has 0 aliphatic heterocycles. The molecule has 5 rings (SSSR count). The fourth-order valence-corrected chi connectivity index (χ4v) is 4.27. The van der Waals surface area contributed by atoms with Crippen molar-refractivity contribution in [2.75, 3.05) is 6.54 Å². The smallest absolute Gasteiger partial charge is 0.186 e. The minimum atomic E-state index is -0.452. The Morgan fingerprint density at radius 1 is 1.09 bits per heavy atom. The molecular formula is C27H24ClN5O. The Kier molecular flexibility index (Phi) is 6.25. The first-order valence-electron chi connectivity index (χ1n) is 11.1. The number of halogens is 1. The number of carbonyl (C=O) groups excluding carboxylic acids is 1. The largest absolute Gasteiger partial charge is 0.360 e. The van der Waals surface area contributed by atoms with Crippen molar-refractivity contribution < 1.29 is 4.79 Å². The molecule has 0 saturated carbocycles. The molecule has 0 amide bonds. The molecule has 0 unspecified atom stereocenters. The van der Waals surface area contributed by atoms with Gasteiger partial charge in [0.15, 0.2) is 5.78 Å². The van der Waals surface area contributed by atoms with Gasteiger partial charge in [-0.2, -0.15) is 0 Å². The second-order valence-electron chi connectivity index (χ2n) is 8.28. The summed E-state index contributed by atoms with van der Waals surface area (Å²) in [6.07, 6.45) is 4.46. The Morgan fingerprint density at radius 2 is 1.88 bits per heavy atom. The fraction of sp³-hybridized carbons (Fsp3) is 0.148. The first kappa shape index (κ1) is 22.1. The minimum Gasteiger partial charge on any atom is -0.360 e. The SMILES string of the molecule is Cn1cc(-c2ccc3c(C(=O)[C@H](NCCc4ccc(Cl)cc4)c4ccccc4)c[nH]c3c2)nn1. The van der Waals surface area contributed by atoms with E-state index in [1.165, 1.54) is 5.56 Å².